The second-order valence-corrected chi connectivity index (χ2v) is 9.28. The summed E-state index contributed by atoms with van der Waals surface area (Å²) in [6.07, 6.45) is 3.39. The van der Waals surface area contributed by atoms with Crippen LogP contribution in [0.25, 0.3) is 0 Å². The maximum atomic E-state index is 12.8. The minimum atomic E-state index is -3.91. The van der Waals surface area contributed by atoms with Gasteiger partial charge in [-0.15, -0.1) is 0 Å². The van der Waals surface area contributed by atoms with E-state index in [1.54, 1.807) is 37.4 Å². The molecule has 168 valence electrons. The predicted octanol–water partition coefficient (Wildman–Crippen LogP) is 3.33. The van der Waals surface area contributed by atoms with Crippen LogP contribution in [0.15, 0.2) is 76.6 Å². The lowest BCUT2D eigenvalue weighted by molar-refractivity contribution is -0.117. The van der Waals surface area contributed by atoms with Gasteiger partial charge < -0.3 is 14.6 Å². The number of carbonyl (C=O) groups excluding carboxylic acids is 2. The van der Waals surface area contributed by atoms with Crippen molar-refractivity contribution in [2.45, 2.75) is 24.4 Å². The molecule has 2 N–H and O–H groups in total. The van der Waals surface area contributed by atoms with E-state index in [9.17, 15) is 18.0 Å². The Labute approximate surface area is 194 Å². The highest BCUT2D eigenvalue weighted by atomic mass is 79.9. The second kappa shape index (κ2) is 10.5. The number of imidazole rings is 1. The number of hydrogen-bond acceptors (Lipinski definition) is 6. The van der Waals surface area contributed by atoms with Crippen molar-refractivity contribution in [2.24, 2.45) is 0 Å². The Balaban J connectivity index is 1.72. The van der Waals surface area contributed by atoms with Gasteiger partial charge in [-0.2, -0.15) is 4.72 Å². The van der Waals surface area contributed by atoms with Crippen LogP contribution < -0.4 is 10.0 Å². The summed E-state index contributed by atoms with van der Waals surface area (Å²) in [6.45, 7) is 1.98. The number of amides is 1. The average Bonchev–Trinajstić information content (AvgIpc) is 3.29. The molecule has 32 heavy (non-hydrogen) atoms. The average molecular weight is 521 g/mol. The zero-order chi connectivity index (χ0) is 23.1. The van der Waals surface area contributed by atoms with E-state index in [0.29, 0.717) is 15.7 Å². The van der Waals surface area contributed by atoms with Crippen LogP contribution in [-0.4, -0.2) is 36.5 Å². The Hall–Kier alpha value is -3.02. The van der Waals surface area contributed by atoms with E-state index in [-0.39, 0.29) is 17.9 Å². The van der Waals surface area contributed by atoms with Crippen molar-refractivity contribution in [1.29, 1.82) is 0 Å². The van der Waals surface area contributed by atoms with Crippen molar-refractivity contribution < 1.29 is 22.7 Å². The van der Waals surface area contributed by atoms with Crippen LogP contribution >= 0.6 is 15.9 Å². The van der Waals surface area contributed by atoms with Gasteiger partial charge in [-0.1, -0.05) is 22.0 Å². The number of carbonyl (C=O) groups is 2. The lowest BCUT2D eigenvalue weighted by atomic mass is 10.2. The highest BCUT2D eigenvalue weighted by Gasteiger charge is 2.24. The number of benzene rings is 2. The summed E-state index contributed by atoms with van der Waals surface area (Å²) in [5.41, 5.74) is 0.824. The standard InChI is InChI=1S/C21H21BrN4O5S/c1-2-31-21(28)15-6-8-17(9-7-15)24-20(27)13-19(26-11-10-23-14-26)25-32(29,30)18-5-3-4-16(22)12-18/h3-12,14,19,25H,2,13H2,1H3,(H,24,27). The molecule has 11 heteroatoms. The van der Waals surface area contributed by atoms with Gasteiger partial charge in [0.05, 0.1) is 29.8 Å². The third-order valence-corrected chi connectivity index (χ3v) is 6.29. The van der Waals surface area contributed by atoms with E-state index in [4.69, 9.17) is 4.74 Å². The molecule has 0 aliphatic heterocycles. The Bertz CT molecular complexity index is 1180. The summed E-state index contributed by atoms with van der Waals surface area (Å²) in [6, 6.07) is 12.5. The molecule has 0 radical (unpaired) electrons. The number of halogens is 1. The third kappa shape index (κ3) is 6.25. The quantitative estimate of drug-likeness (QED) is 0.417. The van der Waals surface area contributed by atoms with Gasteiger partial charge in [0.2, 0.25) is 15.9 Å². The summed E-state index contributed by atoms with van der Waals surface area (Å²) in [7, 11) is -3.91. The molecule has 0 fully saturated rings. The van der Waals surface area contributed by atoms with Gasteiger partial charge in [0.15, 0.2) is 0 Å². The first-order chi connectivity index (χ1) is 15.3. The molecule has 9 nitrogen and oxygen atoms in total. The molecular formula is C21H21BrN4O5S. The smallest absolute Gasteiger partial charge is 0.338 e. The van der Waals surface area contributed by atoms with Gasteiger partial charge in [0, 0.05) is 22.6 Å². The fourth-order valence-electron chi connectivity index (χ4n) is 2.83. The van der Waals surface area contributed by atoms with E-state index in [1.807, 2.05) is 0 Å². The largest absolute Gasteiger partial charge is 0.462 e. The van der Waals surface area contributed by atoms with E-state index in [0.717, 1.165) is 0 Å². The molecule has 0 spiro atoms. The molecule has 1 atom stereocenters. The molecule has 0 aliphatic rings. The molecule has 2 aromatic carbocycles. The number of anilines is 1. The second-order valence-electron chi connectivity index (χ2n) is 6.65. The van der Waals surface area contributed by atoms with E-state index >= 15 is 0 Å². The summed E-state index contributed by atoms with van der Waals surface area (Å²) in [5, 5.41) is 2.70. The molecule has 0 saturated carbocycles. The van der Waals surface area contributed by atoms with Gasteiger partial charge in [-0.05, 0) is 49.4 Å². The topological polar surface area (TPSA) is 119 Å². The fraction of sp³-hybridized carbons (Fsp3) is 0.190. The van der Waals surface area contributed by atoms with Crippen molar-refractivity contribution in [2.75, 3.05) is 11.9 Å². The minimum Gasteiger partial charge on any atom is -0.462 e. The van der Waals surface area contributed by atoms with Crippen LogP contribution in [0.1, 0.15) is 29.9 Å². The van der Waals surface area contributed by atoms with Gasteiger partial charge >= 0.3 is 5.97 Å². The lowest BCUT2D eigenvalue weighted by Crippen LogP contribution is -2.34. The van der Waals surface area contributed by atoms with Crippen LogP contribution in [0, 0.1) is 0 Å². The fourth-order valence-corrected chi connectivity index (χ4v) is 4.62. The first-order valence-corrected chi connectivity index (χ1v) is 11.9. The van der Waals surface area contributed by atoms with E-state index in [2.05, 4.69) is 31.0 Å². The number of nitrogens with zero attached hydrogens (tertiary/aromatic N) is 2. The molecule has 1 unspecified atom stereocenters. The zero-order valence-electron chi connectivity index (χ0n) is 17.1. The van der Waals surface area contributed by atoms with Crippen molar-refractivity contribution in [3.8, 4) is 0 Å². The monoisotopic (exact) mass is 520 g/mol. The number of ether oxygens (including phenoxy) is 1. The molecule has 0 aliphatic carbocycles. The Morgan fingerprint density at radius 2 is 1.94 bits per heavy atom. The van der Waals surface area contributed by atoms with Crippen molar-refractivity contribution in [3.05, 3.63) is 77.3 Å². The molecule has 0 saturated heterocycles. The normalized spacial score (nSPS) is 12.2. The Kier molecular flexibility index (Phi) is 7.78. The summed E-state index contributed by atoms with van der Waals surface area (Å²) in [5.74, 6) is -0.878. The molecule has 0 bridgehead atoms. The molecule has 3 aromatic rings. The molecular weight excluding hydrogens is 500 g/mol. The van der Waals surface area contributed by atoms with E-state index in [1.165, 1.54) is 41.4 Å². The number of aromatic nitrogens is 2. The Morgan fingerprint density at radius 1 is 1.19 bits per heavy atom. The van der Waals surface area contributed by atoms with Crippen LogP contribution in [0.4, 0.5) is 5.69 Å². The summed E-state index contributed by atoms with van der Waals surface area (Å²) < 4.78 is 35.3. The number of rotatable bonds is 9. The molecule has 1 heterocycles. The van der Waals surface area contributed by atoms with Crippen molar-refractivity contribution in [1.82, 2.24) is 14.3 Å². The number of hydrogen-bond donors (Lipinski definition) is 2. The van der Waals surface area contributed by atoms with Gasteiger partial charge in [-0.3, -0.25) is 4.79 Å². The number of sulfonamides is 1. The molecule has 1 amide bonds. The molecule has 1 aromatic heterocycles. The highest BCUT2D eigenvalue weighted by Crippen LogP contribution is 2.20. The SMILES string of the molecule is CCOC(=O)c1ccc(NC(=O)CC(NS(=O)(=O)c2cccc(Br)c2)n2ccnc2)cc1. The van der Waals surface area contributed by atoms with Crippen LogP contribution in [0.5, 0.6) is 0 Å². The van der Waals surface area contributed by atoms with Crippen molar-refractivity contribution >= 4 is 43.5 Å². The van der Waals surface area contributed by atoms with Crippen LogP contribution in [0.2, 0.25) is 0 Å². The summed E-state index contributed by atoms with van der Waals surface area (Å²) in [4.78, 5) is 28.4. The van der Waals surface area contributed by atoms with Crippen LogP contribution in [-0.2, 0) is 19.6 Å². The maximum absolute atomic E-state index is 12.8. The maximum Gasteiger partial charge on any atom is 0.338 e. The first kappa shape index (κ1) is 23.6. The predicted molar refractivity (Wildman–Crippen MR) is 121 cm³/mol. The van der Waals surface area contributed by atoms with Gasteiger partial charge in [0.1, 0.15) is 6.17 Å². The number of esters is 1. The highest BCUT2D eigenvalue weighted by molar-refractivity contribution is 9.10. The Morgan fingerprint density at radius 3 is 2.56 bits per heavy atom. The lowest BCUT2D eigenvalue weighted by Gasteiger charge is -2.20. The summed E-state index contributed by atoms with van der Waals surface area (Å²) >= 11 is 3.26. The van der Waals surface area contributed by atoms with Crippen LogP contribution in [0.3, 0.4) is 0 Å². The molecule has 3 rings (SSSR count). The first-order valence-electron chi connectivity index (χ1n) is 9.61. The minimum absolute atomic E-state index is 0.0620. The van der Waals surface area contributed by atoms with Gasteiger partial charge in [0.25, 0.3) is 0 Å². The van der Waals surface area contributed by atoms with E-state index < -0.39 is 28.1 Å². The van der Waals surface area contributed by atoms with Crippen molar-refractivity contribution in [3.63, 3.8) is 0 Å². The third-order valence-electron chi connectivity index (χ3n) is 4.34. The zero-order valence-corrected chi connectivity index (χ0v) is 19.5. The van der Waals surface area contributed by atoms with Gasteiger partial charge in [-0.25, -0.2) is 18.2 Å². The number of nitrogens with one attached hydrogen (secondary N) is 2.